The second-order valence-electron chi connectivity index (χ2n) is 5.89. The molecule has 1 aliphatic rings. The molecule has 0 aromatic heterocycles. The van der Waals surface area contributed by atoms with E-state index in [2.05, 4.69) is 5.32 Å². The Hall–Kier alpha value is -3.55. The number of Topliss-reactive ketones (excluding diaryl/α,β-unsaturated/α-hetero) is 1. The Kier molecular flexibility index (Phi) is 5.78. The molecule has 0 aliphatic carbocycles. The van der Waals surface area contributed by atoms with Crippen LogP contribution in [0.25, 0.3) is 0 Å². The number of amides is 1. The zero-order valence-corrected chi connectivity index (χ0v) is 15.4. The predicted molar refractivity (Wildman–Crippen MR) is 99.1 cm³/mol. The third-order valence-corrected chi connectivity index (χ3v) is 3.90. The van der Waals surface area contributed by atoms with Gasteiger partial charge in [0.25, 0.3) is 5.91 Å². The van der Waals surface area contributed by atoms with E-state index < -0.39 is 11.9 Å². The molecule has 0 radical (unpaired) electrons. The van der Waals surface area contributed by atoms with Crippen molar-refractivity contribution in [1.29, 1.82) is 0 Å². The number of fused-ring (bicyclic) bond motifs is 1. The number of nitrogens with one attached hydrogen (secondary N) is 1. The lowest BCUT2D eigenvalue weighted by molar-refractivity contribution is -0.118. The highest BCUT2D eigenvalue weighted by atomic mass is 16.7. The third-order valence-electron chi connectivity index (χ3n) is 3.90. The van der Waals surface area contributed by atoms with E-state index in [9.17, 15) is 14.4 Å². The van der Waals surface area contributed by atoms with Gasteiger partial charge in [0.1, 0.15) is 5.75 Å². The van der Waals surface area contributed by atoms with E-state index in [4.69, 9.17) is 18.9 Å². The molecule has 1 heterocycles. The third kappa shape index (κ3) is 4.40. The largest absolute Gasteiger partial charge is 0.484 e. The lowest BCUT2D eigenvalue weighted by Gasteiger charge is -2.11. The van der Waals surface area contributed by atoms with Crippen LogP contribution in [0.2, 0.25) is 0 Å². The van der Waals surface area contributed by atoms with Gasteiger partial charge in [-0.3, -0.25) is 9.59 Å². The summed E-state index contributed by atoms with van der Waals surface area (Å²) in [6.45, 7) is 3.21. The van der Waals surface area contributed by atoms with Crippen molar-refractivity contribution in [2.75, 3.05) is 25.3 Å². The highest BCUT2D eigenvalue weighted by molar-refractivity contribution is 6.04. The van der Waals surface area contributed by atoms with E-state index in [1.54, 1.807) is 37.3 Å². The van der Waals surface area contributed by atoms with Crippen molar-refractivity contribution in [2.24, 2.45) is 0 Å². The Labute approximate surface area is 161 Å². The minimum absolute atomic E-state index is 0.0645. The molecule has 0 fully saturated rings. The maximum Gasteiger partial charge on any atom is 0.338 e. The van der Waals surface area contributed by atoms with E-state index in [1.807, 2.05) is 0 Å². The Morgan fingerprint density at radius 1 is 1.07 bits per heavy atom. The smallest absolute Gasteiger partial charge is 0.338 e. The summed E-state index contributed by atoms with van der Waals surface area (Å²) in [7, 11) is 0. The molecule has 28 heavy (non-hydrogen) atoms. The second kappa shape index (κ2) is 8.43. The maximum atomic E-state index is 12.2. The molecule has 1 amide bonds. The number of ketones is 1. The number of anilines is 1. The van der Waals surface area contributed by atoms with Crippen LogP contribution in [0.5, 0.6) is 17.2 Å². The first-order valence-corrected chi connectivity index (χ1v) is 8.62. The Morgan fingerprint density at radius 2 is 1.75 bits per heavy atom. The first-order valence-electron chi connectivity index (χ1n) is 8.62. The molecule has 3 rings (SSSR count). The highest BCUT2D eigenvalue weighted by Crippen LogP contribution is 2.37. The summed E-state index contributed by atoms with van der Waals surface area (Å²) < 4.78 is 20.9. The van der Waals surface area contributed by atoms with Crippen molar-refractivity contribution in [3.05, 3.63) is 47.5 Å². The lowest BCUT2D eigenvalue weighted by Crippen LogP contribution is -2.21. The van der Waals surface area contributed by atoms with Gasteiger partial charge in [-0.15, -0.1) is 0 Å². The van der Waals surface area contributed by atoms with Crippen molar-refractivity contribution in [2.45, 2.75) is 13.8 Å². The topological polar surface area (TPSA) is 100 Å². The number of esters is 1. The average Bonchev–Trinajstić information content (AvgIpc) is 3.13. The monoisotopic (exact) mass is 385 g/mol. The van der Waals surface area contributed by atoms with E-state index in [0.29, 0.717) is 40.7 Å². The number of hydrogen-bond donors (Lipinski definition) is 1. The van der Waals surface area contributed by atoms with E-state index in [1.165, 1.54) is 13.0 Å². The van der Waals surface area contributed by atoms with Crippen molar-refractivity contribution in [3.8, 4) is 17.2 Å². The number of carbonyl (C=O) groups excluding carboxylic acids is 3. The van der Waals surface area contributed by atoms with Crippen LogP contribution in [0.1, 0.15) is 34.6 Å². The van der Waals surface area contributed by atoms with Crippen LogP contribution in [0.15, 0.2) is 36.4 Å². The normalized spacial score (nSPS) is 11.6. The first-order chi connectivity index (χ1) is 13.5. The summed E-state index contributed by atoms with van der Waals surface area (Å²) >= 11 is 0. The second-order valence-corrected chi connectivity index (χ2v) is 5.89. The first kappa shape index (κ1) is 19.2. The molecule has 0 bridgehead atoms. The fourth-order valence-corrected chi connectivity index (χ4v) is 2.57. The van der Waals surface area contributed by atoms with Crippen LogP contribution >= 0.6 is 0 Å². The van der Waals surface area contributed by atoms with E-state index >= 15 is 0 Å². The summed E-state index contributed by atoms with van der Waals surface area (Å²) in [6.07, 6.45) is 0. The minimum Gasteiger partial charge on any atom is -0.484 e. The lowest BCUT2D eigenvalue weighted by atomic mass is 10.1. The summed E-state index contributed by atoms with van der Waals surface area (Å²) in [4.78, 5) is 35.7. The standard InChI is InChI=1S/C20H19NO7/c1-3-25-20(24)13-4-6-14(7-5-13)26-10-19(23)21-16-9-18-17(27-11-28-18)8-15(16)12(2)22/h4-9H,3,10-11H2,1-2H3,(H,21,23). The fourth-order valence-electron chi connectivity index (χ4n) is 2.57. The van der Waals surface area contributed by atoms with Gasteiger partial charge < -0.3 is 24.3 Å². The van der Waals surface area contributed by atoms with Gasteiger partial charge in [-0.1, -0.05) is 0 Å². The minimum atomic E-state index is -0.448. The molecule has 2 aromatic rings. The molecule has 0 spiro atoms. The van der Waals surface area contributed by atoms with Gasteiger partial charge in [0.2, 0.25) is 6.79 Å². The van der Waals surface area contributed by atoms with Crippen LogP contribution in [0, 0.1) is 0 Å². The molecule has 8 nitrogen and oxygen atoms in total. The summed E-state index contributed by atoms with van der Waals surface area (Å²) in [5.41, 5.74) is 1.03. The molecule has 1 N–H and O–H groups in total. The van der Waals surface area contributed by atoms with Crippen LogP contribution in [0.4, 0.5) is 5.69 Å². The number of rotatable bonds is 7. The Bertz CT molecular complexity index is 906. The van der Waals surface area contributed by atoms with Gasteiger partial charge in [0, 0.05) is 11.6 Å². The molecule has 146 valence electrons. The zero-order chi connectivity index (χ0) is 20.1. The van der Waals surface area contributed by atoms with Crippen LogP contribution in [-0.2, 0) is 9.53 Å². The summed E-state index contributed by atoms with van der Waals surface area (Å²) in [5.74, 6) is 0.240. The molecular weight excluding hydrogens is 366 g/mol. The molecule has 0 atom stereocenters. The quantitative estimate of drug-likeness (QED) is 0.578. The Balaban J connectivity index is 1.62. The number of benzene rings is 2. The van der Waals surface area contributed by atoms with E-state index in [-0.39, 0.29) is 19.2 Å². The highest BCUT2D eigenvalue weighted by Gasteiger charge is 2.20. The number of ether oxygens (including phenoxy) is 4. The van der Waals surface area contributed by atoms with E-state index in [0.717, 1.165) is 0 Å². The van der Waals surface area contributed by atoms with Gasteiger partial charge >= 0.3 is 5.97 Å². The molecule has 8 heteroatoms. The predicted octanol–water partition coefficient (Wildman–Crippen LogP) is 2.81. The van der Waals surface area contributed by atoms with Crippen molar-refractivity contribution in [3.63, 3.8) is 0 Å². The van der Waals surface area contributed by atoms with Gasteiger partial charge in [0.15, 0.2) is 23.9 Å². The number of hydrogen-bond acceptors (Lipinski definition) is 7. The van der Waals surface area contributed by atoms with Crippen LogP contribution < -0.4 is 19.5 Å². The molecular formula is C20H19NO7. The average molecular weight is 385 g/mol. The van der Waals surface area contributed by atoms with Crippen molar-refractivity contribution < 1.29 is 33.3 Å². The van der Waals surface area contributed by atoms with Crippen molar-refractivity contribution >= 4 is 23.3 Å². The van der Waals surface area contributed by atoms with Gasteiger partial charge in [-0.25, -0.2) is 4.79 Å². The van der Waals surface area contributed by atoms with Crippen LogP contribution in [-0.4, -0.2) is 37.7 Å². The maximum absolute atomic E-state index is 12.2. The van der Waals surface area contributed by atoms with Crippen LogP contribution in [0.3, 0.4) is 0 Å². The van der Waals surface area contributed by atoms with Crippen molar-refractivity contribution in [1.82, 2.24) is 0 Å². The molecule has 0 saturated carbocycles. The van der Waals surface area contributed by atoms with Gasteiger partial charge in [-0.05, 0) is 44.2 Å². The Morgan fingerprint density at radius 3 is 2.39 bits per heavy atom. The molecule has 0 saturated heterocycles. The fraction of sp³-hybridized carbons (Fsp3) is 0.250. The summed E-state index contributed by atoms with van der Waals surface area (Å²) in [5, 5.41) is 2.64. The van der Waals surface area contributed by atoms with Gasteiger partial charge in [-0.2, -0.15) is 0 Å². The summed E-state index contributed by atoms with van der Waals surface area (Å²) in [6, 6.07) is 9.33. The molecule has 1 aliphatic heterocycles. The SMILES string of the molecule is CCOC(=O)c1ccc(OCC(=O)Nc2cc3c(cc2C(C)=O)OCO3)cc1. The molecule has 2 aromatic carbocycles. The van der Waals surface area contributed by atoms with Gasteiger partial charge in [0.05, 0.1) is 17.9 Å². The number of carbonyl (C=O) groups is 3. The molecule has 0 unspecified atom stereocenters. The zero-order valence-electron chi connectivity index (χ0n) is 15.4.